The Morgan fingerprint density at radius 1 is 1.33 bits per heavy atom. The van der Waals surface area contributed by atoms with Crippen molar-refractivity contribution in [2.75, 3.05) is 7.11 Å². The molecule has 2 rings (SSSR count). The van der Waals surface area contributed by atoms with Crippen molar-refractivity contribution in [2.45, 2.75) is 51.0 Å². The van der Waals surface area contributed by atoms with Gasteiger partial charge in [-0.15, -0.1) is 0 Å². The van der Waals surface area contributed by atoms with E-state index in [1.807, 2.05) is 0 Å². The van der Waals surface area contributed by atoms with Crippen molar-refractivity contribution in [3.05, 3.63) is 20.2 Å². The number of hydrogen-bond donors (Lipinski definition) is 0. The zero-order chi connectivity index (χ0) is 13.2. The molecule has 0 aliphatic heterocycles. The lowest BCUT2D eigenvalue weighted by molar-refractivity contribution is -0.0165. The quantitative estimate of drug-likeness (QED) is 0.582. The van der Waals surface area contributed by atoms with Gasteiger partial charge in [-0.3, -0.25) is 0 Å². The number of methoxy groups -OCH3 is 1. The van der Waals surface area contributed by atoms with Crippen LogP contribution in [-0.2, 0) is 16.8 Å². The van der Waals surface area contributed by atoms with Crippen molar-refractivity contribution in [1.82, 2.24) is 9.97 Å². The minimum Gasteiger partial charge on any atom is -0.370 e. The highest BCUT2D eigenvalue weighted by Crippen LogP contribution is 2.40. The number of rotatable bonds is 4. The molecule has 0 unspecified atom stereocenters. The van der Waals surface area contributed by atoms with Crippen LogP contribution in [0.1, 0.15) is 50.5 Å². The van der Waals surface area contributed by atoms with Gasteiger partial charge in [-0.25, -0.2) is 9.97 Å². The van der Waals surface area contributed by atoms with Crippen molar-refractivity contribution in [1.29, 1.82) is 0 Å². The summed E-state index contributed by atoms with van der Waals surface area (Å²) < 4.78 is 6.70. The van der Waals surface area contributed by atoms with E-state index in [1.165, 1.54) is 12.8 Å². The van der Waals surface area contributed by atoms with E-state index in [9.17, 15) is 0 Å². The minimum atomic E-state index is -0.309. The van der Waals surface area contributed by atoms with Crippen LogP contribution >= 0.6 is 34.2 Å². The zero-order valence-electron chi connectivity index (χ0n) is 10.8. The normalized spacial score (nSPS) is 18.2. The molecule has 0 N–H and O–H groups in total. The standard InChI is InChI=1S/C13H18ClIN2O/c1-3-6-9-10(15)11(14)17-12(16-9)13(18-2)7-4-5-8-13/h3-8H2,1-2H3. The second-order valence-corrected chi connectivity index (χ2v) is 6.19. The maximum Gasteiger partial charge on any atom is 0.162 e. The van der Waals surface area contributed by atoms with Crippen molar-refractivity contribution < 1.29 is 4.74 Å². The molecule has 0 amide bonds. The second kappa shape index (κ2) is 6.01. The monoisotopic (exact) mass is 380 g/mol. The van der Waals surface area contributed by atoms with Crippen LogP contribution in [0.15, 0.2) is 0 Å². The summed E-state index contributed by atoms with van der Waals surface area (Å²) in [6.07, 6.45) is 6.32. The molecule has 1 aliphatic carbocycles. The molecule has 18 heavy (non-hydrogen) atoms. The first-order valence-electron chi connectivity index (χ1n) is 6.40. The molecule has 0 radical (unpaired) electrons. The van der Waals surface area contributed by atoms with Crippen LogP contribution in [0.3, 0.4) is 0 Å². The van der Waals surface area contributed by atoms with Gasteiger partial charge in [0.05, 0.1) is 9.26 Å². The average Bonchev–Trinajstić information content (AvgIpc) is 2.85. The van der Waals surface area contributed by atoms with Crippen molar-refractivity contribution in [3.8, 4) is 0 Å². The number of hydrogen-bond acceptors (Lipinski definition) is 3. The topological polar surface area (TPSA) is 35.0 Å². The van der Waals surface area contributed by atoms with Crippen LogP contribution in [0.2, 0.25) is 5.15 Å². The third kappa shape index (κ3) is 2.65. The summed E-state index contributed by atoms with van der Waals surface area (Å²) in [5, 5.41) is 0.562. The Bertz CT molecular complexity index is 433. The fraction of sp³-hybridized carbons (Fsp3) is 0.692. The van der Waals surface area contributed by atoms with Crippen LogP contribution in [0.4, 0.5) is 0 Å². The van der Waals surface area contributed by atoms with Gasteiger partial charge in [0.2, 0.25) is 0 Å². The Balaban J connectivity index is 2.44. The highest BCUT2D eigenvalue weighted by Gasteiger charge is 2.39. The first-order chi connectivity index (χ1) is 8.63. The predicted octanol–water partition coefficient (Wildman–Crippen LogP) is 4.10. The Kier molecular flexibility index (Phi) is 4.83. The van der Waals surface area contributed by atoms with Gasteiger partial charge in [0.25, 0.3) is 0 Å². The van der Waals surface area contributed by atoms with E-state index >= 15 is 0 Å². The van der Waals surface area contributed by atoms with Gasteiger partial charge in [0, 0.05) is 7.11 Å². The molecular weight excluding hydrogens is 363 g/mol. The van der Waals surface area contributed by atoms with E-state index < -0.39 is 0 Å². The molecule has 3 nitrogen and oxygen atoms in total. The van der Waals surface area contributed by atoms with Crippen molar-refractivity contribution in [2.24, 2.45) is 0 Å². The van der Waals surface area contributed by atoms with Gasteiger partial charge in [-0.1, -0.05) is 24.9 Å². The summed E-state index contributed by atoms with van der Waals surface area (Å²) in [5.74, 6) is 0.774. The first kappa shape index (κ1) is 14.5. The van der Waals surface area contributed by atoms with Gasteiger partial charge < -0.3 is 4.74 Å². The molecule has 100 valence electrons. The van der Waals surface area contributed by atoms with Gasteiger partial charge >= 0.3 is 0 Å². The number of nitrogens with zero attached hydrogens (tertiary/aromatic N) is 2. The summed E-state index contributed by atoms with van der Waals surface area (Å²) in [4.78, 5) is 9.18. The molecular formula is C13H18ClIN2O. The van der Waals surface area contributed by atoms with E-state index in [2.05, 4.69) is 34.5 Å². The summed E-state index contributed by atoms with van der Waals surface area (Å²) >= 11 is 8.47. The van der Waals surface area contributed by atoms with Gasteiger partial charge in [-0.05, 0) is 54.7 Å². The van der Waals surface area contributed by atoms with E-state index in [0.29, 0.717) is 5.15 Å². The van der Waals surface area contributed by atoms with Gasteiger partial charge in [-0.2, -0.15) is 0 Å². The Hall–Kier alpha value is 0.0600. The summed E-state index contributed by atoms with van der Waals surface area (Å²) in [5.41, 5.74) is 0.743. The average molecular weight is 381 g/mol. The summed E-state index contributed by atoms with van der Waals surface area (Å²) in [6, 6.07) is 0. The highest BCUT2D eigenvalue weighted by atomic mass is 127. The van der Waals surface area contributed by atoms with E-state index in [0.717, 1.165) is 40.8 Å². The lowest BCUT2D eigenvalue weighted by Crippen LogP contribution is -2.28. The molecule has 1 aliphatic rings. The van der Waals surface area contributed by atoms with E-state index in [1.54, 1.807) is 7.11 Å². The molecule has 5 heteroatoms. The zero-order valence-corrected chi connectivity index (χ0v) is 13.7. The van der Waals surface area contributed by atoms with Crippen LogP contribution in [0.5, 0.6) is 0 Å². The highest BCUT2D eigenvalue weighted by molar-refractivity contribution is 14.1. The van der Waals surface area contributed by atoms with E-state index in [-0.39, 0.29) is 5.60 Å². The molecule has 1 saturated carbocycles. The fourth-order valence-electron chi connectivity index (χ4n) is 2.53. The Labute approximate surface area is 127 Å². The lowest BCUT2D eigenvalue weighted by atomic mass is 10.0. The molecule has 0 bridgehead atoms. The molecule has 1 heterocycles. The van der Waals surface area contributed by atoms with Crippen LogP contribution in [0.25, 0.3) is 0 Å². The minimum absolute atomic E-state index is 0.309. The van der Waals surface area contributed by atoms with E-state index in [4.69, 9.17) is 21.3 Å². The lowest BCUT2D eigenvalue weighted by Gasteiger charge is -2.26. The Morgan fingerprint density at radius 3 is 2.56 bits per heavy atom. The SMILES string of the molecule is CCCc1nc(C2(OC)CCCC2)nc(Cl)c1I. The Morgan fingerprint density at radius 2 is 2.00 bits per heavy atom. The molecule has 1 aromatic heterocycles. The number of ether oxygens (including phenoxy) is 1. The van der Waals surface area contributed by atoms with Crippen LogP contribution in [0, 0.1) is 3.57 Å². The van der Waals surface area contributed by atoms with Crippen molar-refractivity contribution in [3.63, 3.8) is 0 Å². The number of aromatic nitrogens is 2. The van der Waals surface area contributed by atoms with Gasteiger partial charge in [0.15, 0.2) is 5.82 Å². The molecule has 0 saturated heterocycles. The van der Waals surface area contributed by atoms with Crippen LogP contribution < -0.4 is 0 Å². The predicted molar refractivity (Wildman–Crippen MR) is 80.9 cm³/mol. The van der Waals surface area contributed by atoms with Crippen LogP contribution in [-0.4, -0.2) is 17.1 Å². The maximum atomic E-state index is 6.24. The molecule has 0 atom stereocenters. The molecule has 1 aromatic rings. The first-order valence-corrected chi connectivity index (χ1v) is 7.86. The maximum absolute atomic E-state index is 6.24. The van der Waals surface area contributed by atoms with Gasteiger partial charge in [0.1, 0.15) is 10.8 Å². The number of aryl methyl sites for hydroxylation is 1. The third-order valence-corrected chi connectivity index (χ3v) is 5.30. The summed E-state index contributed by atoms with van der Waals surface area (Å²) in [6.45, 7) is 2.15. The second-order valence-electron chi connectivity index (χ2n) is 4.75. The van der Waals surface area contributed by atoms with Crippen molar-refractivity contribution >= 4 is 34.2 Å². The third-order valence-electron chi connectivity index (χ3n) is 3.58. The fourth-order valence-corrected chi connectivity index (χ4v) is 3.23. The smallest absolute Gasteiger partial charge is 0.162 e. The number of halogens is 2. The molecule has 1 fully saturated rings. The summed E-state index contributed by atoms with van der Waals surface area (Å²) in [7, 11) is 1.75. The molecule has 0 spiro atoms. The molecule has 0 aromatic carbocycles. The largest absolute Gasteiger partial charge is 0.370 e.